The van der Waals surface area contributed by atoms with Crippen molar-refractivity contribution in [2.75, 3.05) is 0 Å². The number of halogens is 2. The van der Waals surface area contributed by atoms with Crippen molar-refractivity contribution in [3.63, 3.8) is 0 Å². The van der Waals surface area contributed by atoms with Crippen LogP contribution in [0.2, 0.25) is 29.3 Å². The van der Waals surface area contributed by atoms with Crippen LogP contribution < -0.4 is 0 Å². The van der Waals surface area contributed by atoms with Crippen LogP contribution in [0.4, 0.5) is 0 Å². The van der Waals surface area contributed by atoms with Crippen molar-refractivity contribution in [3.05, 3.63) is 23.8 Å². The Morgan fingerprint density at radius 1 is 1.20 bits per heavy atom. The first kappa shape index (κ1) is 14.2. The quantitative estimate of drug-likeness (QED) is 0.468. The Morgan fingerprint density at radius 2 is 1.67 bits per heavy atom. The summed E-state index contributed by atoms with van der Waals surface area (Å²) in [7, 11) is 0. The molecule has 0 aliphatic heterocycles. The zero-order valence-electron chi connectivity index (χ0n) is 9.94. The van der Waals surface area contributed by atoms with Crippen LogP contribution in [0.1, 0.15) is 6.42 Å². The van der Waals surface area contributed by atoms with Crippen LogP contribution in [0, 0.1) is 0 Å². The van der Waals surface area contributed by atoms with Crippen molar-refractivity contribution in [2.45, 2.75) is 35.7 Å². The predicted molar refractivity (Wildman–Crippen MR) is 84.2 cm³/mol. The van der Waals surface area contributed by atoms with Gasteiger partial charge in [0.1, 0.15) is 0 Å². The molecule has 0 spiro atoms. The molecular weight excluding hydrogens is 461 g/mol. The summed E-state index contributed by atoms with van der Waals surface area (Å²) < 4.78 is -3.62. The first-order valence-corrected chi connectivity index (χ1v) is 16.7. The molecule has 0 N–H and O–H groups in total. The summed E-state index contributed by atoms with van der Waals surface area (Å²) in [6.07, 6.45) is 6.74. The van der Waals surface area contributed by atoms with Gasteiger partial charge in [-0.1, -0.05) is 0 Å². The number of carbonyl (C=O) groups is 1. The Bertz CT molecular complexity index is 429. The second kappa shape index (κ2) is 1.97. The summed E-state index contributed by atoms with van der Waals surface area (Å²) in [5, 5.41) is 0. The predicted octanol–water partition coefficient (Wildman–Crippen LogP) is 5.64. The fraction of sp³-hybridized carbons (Fsp3) is 0.545. The molecule has 0 fully saturated rings. The van der Waals surface area contributed by atoms with Gasteiger partial charge >= 0.3 is 112 Å². The molecule has 0 saturated heterocycles. The fourth-order valence-corrected chi connectivity index (χ4v) is 5.22. The first-order valence-electron chi connectivity index (χ1n) is 4.26. The summed E-state index contributed by atoms with van der Waals surface area (Å²) in [6, 6.07) is 0. The Morgan fingerprint density at radius 3 is 1.93 bits per heavy atom. The minimum atomic E-state index is -3.93. The molecule has 0 unspecified atom stereocenters. The summed E-state index contributed by atoms with van der Waals surface area (Å²) in [6.45, 7) is 0. The molecule has 0 aromatic heterocycles. The third kappa shape index (κ3) is 3.81. The Labute approximate surface area is 111 Å². The zero-order valence-corrected chi connectivity index (χ0v) is 15.3. The van der Waals surface area contributed by atoms with Gasteiger partial charge in [-0.25, -0.2) is 0 Å². The van der Waals surface area contributed by atoms with E-state index >= 15 is 0 Å². The van der Waals surface area contributed by atoms with Crippen LogP contribution in [-0.2, 0) is 6.81 Å². The van der Waals surface area contributed by atoms with Gasteiger partial charge in [0, 0.05) is 0 Å². The molecule has 0 aromatic carbocycles. The van der Waals surface area contributed by atoms with E-state index < -0.39 is 2.02 Å². The Kier molecular flexibility index (Phi) is 1.86. The van der Waals surface area contributed by atoms with Gasteiger partial charge in [-0.3, -0.25) is 0 Å². The number of carbonyl (C=O) groups excluding carboxylic acids is 1. The molecule has 15 heavy (non-hydrogen) atoms. The van der Waals surface area contributed by atoms with Crippen LogP contribution in [0.3, 0.4) is 0 Å². The van der Waals surface area contributed by atoms with Crippen LogP contribution in [-0.4, -0.2) is 4.72 Å². The average molecular weight is 481 g/mol. The standard InChI is InChI=1S/C6H5O.5CH3.Co.2HI/c7-5-6-3-1-2-4-6;;;;;;;;/h1-3H,4H2;5*1H3;;2*1H/q;;;;;;+2;;/p-2. The molecule has 93 valence electrons. The summed E-state index contributed by atoms with van der Waals surface area (Å²) in [4.78, 5) is 12.9. The van der Waals surface area contributed by atoms with Crippen molar-refractivity contribution in [3.8, 4) is 0 Å². The van der Waals surface area contributed by atoms with E-state index in [9.17, 15) is 4.79 Å². The van der Waals surface area contributed by atoms with Crippen LogP contribution in [0.5, 0.6) is 0 Å². The molecule has 0 heterocycles. The molecule has 1 rings (SSSR count). The van der Waals surface area contributed by atoms with Crippen molar-refractivity contribution in [2.24, 2.45) is 0 Å². The first-order chi connectivity index (χ1) is 5.91. The number of allylic oxidation sites excluding steroid dienone is 4. The van der Waals surface area contributed by atoms with E-state index in [1.165, 1.54) is 0 Å². The second-order valence-corrected chi connectivity index (χ2v) is 66.4. The van der Waals surface area contributed by atoms with E-state index in [0.717, 1.165) is 12.0 Å². The van der Waals surface area contributed by atoms with E-state index in [-0.39, 0.29) is 0 Å². The van der Waals surface area contributed by atoms with E-state index in [2.05, 4.69) is 70.1 Å². The van der Waals surface area contributed by atoms with Gasteiger partial charge in [-0.2, -0.15) is 0 Å². The second-order valence-electron chi connectivity index (χ2n) is 7.18. The van der Waals surface area contributed by atoms with Gasteiger partial charge in [0.15, 0.2) is 0 Å². The molecule has 0 amide bonds. The molecule has 0 aromatic rings. The molecule has 0 saturated carbocycles. The SMILES string of the molecule is [CH3][Co]([CH3])([CH3])([CH3])([CH3])([I])([I])[C](=O)C1=CC=CC1. The van der Waals surface area contributed by atoms with Gasteiger partial charge in [0.2, 0.25) is 0 Å². The number of hydrogen-bond acceptors (Lipinski definition) is 1. The minimum absolute atomic E-state index is 0.302. The normalized spacial score (nSPS) is 27.0. The van der Waals surface area contributed by atoms with E-state index in [0.29, 0.717) is 4.72 Å². The molecule has 0 atom stereocenters. The third-order valence-corrected chi connectivity index (χ3v) is 7.63. The van der Waals surface area contributed by atoms with Crippen molar-refractivity contribution >= 4 is 45.5 Å². The van der Waals surface area contributed by atoms with Gasteiger partial charge in [-0.05, 0) is 0 Å². The van der Waals surface area contributed by atoms with Crippen LogP contribution >= 0.6 is 40.8 Å². The van der Waals surface area contributed by atoms with Crippen molar-refractivity contribution in [1.82, 2.24) is 0 Å². The fourth-order valence-electron chi connectivity index (χ4n) is 1.20. The Hall–Kier alpha value is 1.12. The van der Waals surface area contributed by atoms with Gasteiger partial charge < -0.3 is 0 Å². The molecule has 0 bridgehead atoms. The molecule has 1 nitrogen and oxygen atoms in total. The van der Waals surface area contributed by atoms with Gasteiger partial charge in [0.05, 0.1) is 0 Å². The summed E-state index contributed by atoms with van der Waals surface area (Å²) in [5.41, 5.74) is 0.938. The van der Waals surface area contributed by atoms with E-state index in [1.807, 2.05) is 18.2 Å². The maximum absolute atomic E-state index is 12.9. The molecular formula is C11H20CoI2O. The van der Waals surface area contributed by atoms with Crippen LogP contribution in [0.15, 0.2) is 23.8 Å². The Balaban J connectivity index is 3.52. The van der Waals surface area contributed by atoms with Crippen molar-refractivity contribution in [1.29, 1.82) is 0 Å². The zero-order chi connectivity index (χ0) is 12.3. The topological polar surface area (TPSA) is 17.1 Å². The van der Waals surface area contributed by atoms with Gasteiger partial charge in [-0.15, -0.1) is 0 Å². The number of hydrogen-bond donors (Lipinski definition) is 0. The van der Waals surface area contributed by atoms with Crippen molar-refractivity contribution < 1.29 is 6.81 Å². The van der Waals surface area contributed by atoms with E-state index in [1.54, 1.807) is 0 Å². The molecule has 1 aliphatic carbocycles. The molecule has 4 heteroatoms. The molecule has 1 aliphatic rings. The number of rotatable bonds is 2. The van der Waals surface area contributed by atoms with Crippen LogP contribution in [0.25, 0.3) is 0 Å². The van der Waals surface area contributed by atoms with Gasteiger partial charge in [0.25, 0.3) is 0 Å². The third-order valence-electron chi connectivity index (χ3n) is 1.88. The molecule has 0 radical (unpaired) electrons. The van der Waals surface area contributed by atoms with E-state index in [4.69, 9.17) is 0 Å². The summed E-state index contributed by atoms with van der Waals surface area (Å²) >= 11 is 4.85. The maximum atomic E-state index is 12.9. The monoisotopic (exact) mass is 481 g/mol. The average Bonchev–Trinajstić information content (AvgIpc) is 2.27. The summed E-state index contributed by atoms with van der Waals surface area (Å²) in [5.74, 6) is 10.7.